The first-order valence-corrected chi connectivity index (χ1v) is 5.19. The van der Waals surface area contributed by atoms with Crippen molar-refractivity contribution in [1.82, 2.24) is 0 Å². The van der Waals surface area contributed by atoms with E-state index < -0.39 is 0 Å². The number of amides is 1. The summed E-state index contributed by atoms with van der Waals surface area (Å²) in [5, 5.41) is 0. The highest BCUT2D eigenvalue weighted by Crippen LogP contribution is 2.32. The highest BCUT2D eigenvalue weighted by Gasteiger charge is 2.24. The molecule has 2 heterocycles. The molecule has 16 heavy (non-hydrogen) atoms. The van der Waals surface area contributed by atoms with Gasteiger partial charge >= 0.3 is 0 Å². The van der Waals surface area contributed by atoms with Crippen molar-refractivity contribution in [2.75, 3.05) is 11.9 Å². The van der Waals surface area contributed by atoms with Gasteiger partial charge in [0.2, 0.25) is 5.91 Å². The van der Waals surface area contributed by atoms with Gasteiger partial charge < -0.3 is 9.32 Å². The molecule has 0 saturated heterocycles. The predicted molar refractivity (Wildman–Crippen MR) is 61.3 cm³/mol. The molecule has 3 nitrogen and oxygen atoms in total. The zero-order valence-electron chi connectivity index (χ0n) is 8.93. The first-order chi connectivity index (χ1) is 7.75. The number of nitrogens with zero attached hydrogens (tertiary/aromatic N) is 1. The molecule has 0 unspecified atom stereocenters. The molecule has 0 spiro atoms. The Morgan fingerprint density at radius 2 is 2.19 bits per heavy atom. The number of rotatable bonds is 1. The van der Waals surface area contributed by atoms with Gasteiger partial charge in [-0.1, -0.05) is 12.1 Å². The van der Waals surface area contributed by atoms with Crippen LogP contribution in [0.15, 0.2) is 41.0 Å². The Morgan fingerprint density at radius 3 is 2.94 bits per heavy atom. The van der Waals surface area contributed by atoms with Gasteiger partial charge in [0.25, 0.3) is 0 Å². The number of furan rings is 1. The molecule has 80 valence electrons. The molecule has 2 aromatic rings. The van der Waals surface area contributed by atoms with Gasteiger partial charge in [-0.05, 0) is 23.8 Å². The van der Waals surface area contributed by atoms with Crippen LogP contribution in [0.2, 0.25) is 0 Å². The molecule has 0 aliphatic carbocycles. The summed E-state index contributed by atoms with van der Waals surface area (Å²) >= 11 is 0. The van der Waals surface area contributed by atoms with Gasteiger partial charge in [0.05, 0.1) is 12.7 Å². The number of hydrogen-bond donors (Lipinski definition) is 0. The highest BCUT2D eigenvalue weighted by molar-refractivity contribution is 6.01. The topological polar surface area (TPSA) is 33.5 Å². The van der Waals surface area contributed by atoms with Crippen LogP contribution in [0.3, 0.4) is 0 Å². The Bertz CT molecular complexity index is 543. The molecule has 1 aromatic carbocycles. The second-order valence-electron chi connectivity index (χ2n) is 3.95. The first kappa shape index (κ1) is 9.21. The summed E-state index contributed by atoms with van der Waals surface area (Å²) in [7, 11) is 1.81. The third-order valence-corrected chi connectivity index (χ3v) is 2.97. The molecule has 0 saturated carbocycles. The van der Waals surface area contributed by atoms with Crippen molar-refractivity contribution in [3.05, 3.63) is 42.2 Å². The van der Waals surface area contributed by atoms with Gasteiger partial charge in [0.1, 0.15) is 5.76 Å². The highest BCUT2D eigenvalue weighted by atomic mass is 16.3. The first-order valence-electron chi connectivity index (χ1n) is 5.19. The summed E-state index contributed by atoms with van der Waals surface area (Å²) in [4.78, 5) is 13.2. The SMILES string of the molecule is CN1C(=O)Cc2ccc(-c3ccco3)cc21. The Labute approximate surface area is 93.3 Å². The Kier molecular flexibility index (Phi) is 1.86. The Morgan fingerprint density at radius 1 is 1.31 bits per heavy atom. The van der Waals surface area contributed by atoms with Crippen molar-refractivity contribution in [2.24, 2.45) is 0 Å². The molecule has 0 radical (unpaired) electrons. The Hall–Kier alpha value is -2.03. The standard InChI is InChI=1S/C13H11NO2/c1-14-11-7-10(12-3-2-6-16-12)5-4-9(11)8-13(14)15/h2-7H,8H2,1H3. The molecule has 3 heteroatoms. The minimum Gasteiger partial charge on any atom is -0.464 e. The van der Waals surface area contributed by atoms with E-state index in [9.17, 15) is 4.79 Å². The van der Waals surface area contributed by atoms with Gasteiger partial charge in [-0.3, -0.25) is 4.79 Å². The van der Waals surface area contributed by atoms with E-state index in [1.165, 1.54) is 0 Å². The van der Waals surface area contributed by atoms with Gasteiger partial charge in [-0.2, -0.15) is 0 Å². The van der Waals surface area contributed by atoms with Crippen LogP contribution in [0.4, 0.5) is 5.69 Å². The lowest BCUT2D eigenvalue weighted by Gasteiger charge is -2.10. The fraction of sp³-hybridized carbons (Fsp3) is 0.154. The van der Waals surface area contributed by atoms with Crippen LogP contribution in [0.5, 0.6) is 0 Å². The maximum Gasteiger partial charge on any atom is 0.231 e. The molecule has 1 aliphatic heterocycles. The van der Waals surface area contributed by atoms with E-state index in [4.69, 9.17) is 4.42 Å². The number of hydrogen-bond acceptors (Lipinski definition) is 2. The summed E-state index contributed by atoms with van der Waals surface area (Å²) in [6.45, 7) is 0. The van der Waals surface area contributed by atoms with Crippen molar-refractivity contribution in [2.45, 2.75) is 6.42 Å². The third-order valence-electron chi connectivity index (χ3n) is 2.97. The summed E-state index contributed by atoms with van der Waals surface area (Å²) in [5.41, 5.74) is 3.08. The largest absolute Gasteiger partial charge is 0.464 e. The van der Waals surface area contributed by atoms with E-state index in [-0.39, 0.29) is 5.91 Å². The number of carbonyl (C=O) groups is 1. The van der Waals surface area contributed by atoms with E-state index in [0.717, 1.165) is 22.6 Å². The number of fused-ring (bicyclic) bond motifs is 1. The summed E-state index contributed by atoms with van der Waals surface area (Å²) < 4.78 is 5.34. The zero-order valence-corrected chi connectivity index (χ0v) is 8.93. The van der Waals surface area contributed by atoms with Crippen LogP contribution in [0.1, 0.15) is 5.56 Å². The molecule has 1 amide bonds. The summed E-state index contributed by atoms with van der Waals surface area (Å²) in [5.74, 6) is 0.974. The van der Waals surface area contributed by atoms with Gasteiger partial charge in [0, 0.05) is 18.3 Å². The zero-order chi connectivity index (χ0) is 11.1. The van der Waals surface area contributed by atoms with E-state index in [1.54, 1.807) is 18.2 Å². The molecular weight excluding hydrogens is 202 g/mol. The van der Waals surface area contributed by atoms with Crippen LogP contribution in [0.25, 0.3) is 11.3 Å². The normalized spacial score (nSPS) is 14.3. The molecule has 0 N–H and O–H groups in total. The van der Waals surface area contributed by atoms with Crippen molar-refractivity contribution < 1.29 is 9.21 Å². The minimum atomic E-state index is 0.145. The van der Waals surface area contributed by atoms with Gasteiger partial charge in [0.15, 0.2) is 0 Å². The van der Waals surface area contributed by atoms with Crippen molar-refractivity contribution in [3.8, 4) is 11.3 Å². The molecule has 0 bridgehead atoms. The number of benzene rings is 1. The number of anilines is 1. The maximum absolute atomic E-state index is 11.5. The summed E-state index contributed by atoms with van der Waals surface area (Å²) in [6, 6.07) is 9.76. The molecule has 3 rings (SSSR count). The monoisotopic (exact) mass is 213 g/mol. The molecular formula is C13H11NO2. The lowest BCUT2D eigenvalue weighted by molar-refractivity contribution is -0.117. The van der Waals surface area contributed by atoms with Gasteiger partial charge in [-0.25, -0.2) is 0 Å². The summed E-state index contributed by atoms with van der Waals surface area (Å²) in [6.07, 6.45) is 2.15. The van der Waals surface area contributed by atoms with Crippen LogP contribution in [-0.4, -0.2) is 13.0 Å². The maximum atomic E-state index is 11.5. The average Bonchev–Trinajstić information content (AvgIpc) is 2.89. The van der Waals surface area contributed by atoms with Crippen LogP contribution < -0.4 is 4.90 Å². The quantitative estimate of drug-likeness (QED) is 0.729. The van der Waals surface area contributed by atoms with Crippen molar-refractivity contribution in [1.29, 1.82) is 0 Å². The second kappa shape index (κ2) is 3.23. The van der Waals surface area contributed by atoms with Crippen molar-refractivity contribution in [3.63, 3.8) is 0 Å². The molecule has 1 aromatic heterocycles. The van der Waals surface area contributed by atoms with Crippen molar-refractivity contribution >= 4 is 11.6 Å². The molecule has 0 fully saturated rings. The fourth-order valence-corrected chi connectivity index (χ4v) is 2.04. The fourth-order valence-electron chi connectivity index (χ4n) is 2.04. The van der Waals surface area contributed by atoms with E-state index in [1.807, 2.05) is 30.3 Å². The molecule has 0 atom stereocenters. The van der Waals surface area contributed by atoms with E-state index in [0.29, 0.717) is 6.42 Å². The Balaban J connectivity index is 2.10. The van der Waals surface area contributed by atoms with Crippen LogP contribution in [0, 0.1) is 0 Å². The van der Waals surface area contributed by atoms with Crippen LogP contribution in [-0.2, 0) is 11.2 Å². The average molecular weight is 213 g/mol. The van der Waals surface area contributed by atoms with E-state index >= 15 is 0 Å². The minimum absolute atomic E-state index is 0.145. The second-order valence-corrected chi connectivity index (χ2v) is 3.95. The molecule has 1 aliphatic rings. The third kappa shape index (κ3) is 1.25. The van der Waals surface area contributed by atoms with Crippen LogP contribution >= 0.6 is 0 Å². The number of carbonyl (C=O) groups excluding carboxylic acids is 1. The smallest absolute Gasteiger partial charge is 0.231 e. The lowest BCUT2D eigenvalue weighted by atomic mass is 10.1. The van der Waals surface area contributed by atoms with Gasteiger partial charge in [-0.15, -0.1) is 0 Å². The lowest BCUT2D eigenvalue weighted by Crippen LogP contribution is -2.20. The predicted octanol–water partition coefficient (Wildman–Crippen LogP) is 2.47. The van der Waals surface area contributed by atoms with E-state index in [2.05, 4.69) is 0 Å². The number of likely N-dealkylation sites (N-methyl/N-ethyl adjacent to an activating group) is 1.